The number of nitro groups is 1. The number of hydrogen-bond donors (Lipinski definition) is 0. The average molecular weight is 414 g/mol. The number of carbonyl (C=O) groups is 1. The maximum Gasteiger partial charge on any atom is 0.336 e. The quantitative estimate of drug-likeness (QED) is 0.199. The lowest BCUT2D eigenvalue weighted by Crippen LogP contribution is -2.03. The molecule has 4 rings (SSSR count). The molecule has 0 saturated heterocycles. The summed E-state index contributed by atoms with van der Waals surface area (Å²) in [5, 5.41) is 20.2. The van der Waals surface area contributed by atoms with Crippen LogP contribution in [0.5, 0.6) is 17.2 Å². The lowest BCUT2D eigenvalue weighted by atomic mass is 10.0. The second-order valence-electron chi connectivity index (χ2n) is 6.49. The molecule has 0 amide bonds. The van der Waals surface area contributed by atoms with Crippen LogP contribution in [0.4, 0.5) is 5.69 Å². The Morgan fingerprint density at radius 3 is 2.26 bits per heavy atom. The highest BCUT2D eigenvalue weighted by atomic mass is 16.7. The monoisotopic (exact) mass is 414 g/mol. The molecule has 1 aliphatic heterocycles. The predicted molar refractivity (Wildman–Crippen MR) is 110 cm³/mol. The Hall–Kier alpha value is -4.64. The van der Waals surface area contributed by atoms with Crippen molar-refractivity contribution >= 4 is 17.7 Å². The Morgan fingerprint density at radius 1 is 1.03 bits per heavy atom. The number of nitrogens with zero attached hydrogens (tertiary/aromatic N) is 2. The number of carbonyl (C=O) groups excluding carboxylic acids is 1. The van der Waals surface area contributed by atoms with E-state index >= 15 is 0 Å². The highest BCUT2D eigenvalue weighted by molar-refractivity contribution is 5.90. The molecular weight excluding hydrogens is 400 g/mol. The molecule has 0 spiro atoms. The van der Waals surface area contributed by atoms with Crippen molar-refractivity contribution in [3.8, 4) is 34.4 Å². The molecule has 3 aromatic rings. The number of hydrogen-bond acceptors (Lipinski definition) is 7. The van der Waals surface area contributed by atoms with Crippen LogP contribution < -0.4 is 14.2 Å². The van der Waals surface area contributed by atoms with Gasteiger partial charge >= 0.3 is 5.97 Å². The lowest BCUT2D eigenvalue weighted by molar-refractivity contribution is -0.385. The van der Waals surface area contributed by atoms with Gasteiger partial charge in [-0.15, -0.1) is 0 Å². The Kier molecular flexibility index (Phi) is 5.32. The maximum absolute atomic E-state index is 12.2. The molecule has 0 radical (unpaired) electrons. The van der Waals surface area contributed by atoms with E-state index < -0.39 is 10.9 Å². The number of rotatable bonds is 5. The third-order valence-electron chi connectivity index (χ3n) is 4.54. The van der Waals surface area contributed by atoms with Gasteiger partial charge in [0.2, 0.25) is 6.79 Å². The number of ether oxygens (including phenoxy) is 3. The number of nitro benzene ring substituents is 1. The van der Waals surface area contributed by atoms with E-state index in [2.05, 4.69) is 6.07 Å². The van der Waals surface area contributed by atoms with Gasteiger partial charge in [0.25, 0.3) is 5.69 Å². The van der Waals surface area contributed by atoms with Gasteiger partial charge in [-0.2, -0.15) is 5.26 Å². The molecular formula is C23H14N2O6. The fraction of sp³-hybridized carbons (Fsp3) is 0.0435. The fourth-order valence-corrected chi connectivity index (χ4v) is 3.00. The molecule has 1 aliphatic rings. The SMILES string of the molecule is N#Cc1ccc(-c2ccc(OC(=O)/C=C/c3cc4c(cc3[N+](=O)[O-])OCO4)cc2)cc1. The van der Waals surface area contributed by atoms with E-state index in [-0.39, 0.29) is 23.8 Å². The first-order chi connectivity index (χ1) is 15.0. The van der Waals surface area contributed by atoms with Crippen molar-refractivity contribution in [2.45, 2.75) is 0 Å². The first-order valence-corrected chi connectivity index (χ1v) is 9.12. The van der Waals surface area contributed by atoms with Gasteiger partial charge in [-0.05, 0) is 47.5 Å². The lowest BCUT2D eigenvalue weighted by Gasteiger charge is -2.05. The molecule has 0 N–H and O–H groups in total. The van der Waals surface area contributed by atoms with Gasteiger partial charge in [-0.25, -0.2) is 4.79 Å². The molecule has 0 fully saturated rings. The summed E-state index contributed by atoms with van der Waals surface area (Å²) in [4.78, 5) is 22.9. The molecule has 8 nitrogen and oxygen atoms in total. The van der Waals surface area contributed by atoms with Crippen molar-refractivity contribution in [2.75, 3.05) is 6.79 Å². The largest absolute Gasteiger partial charge is 0.454 e. The molecule has 0 unspecified atom stereocenters. The van der Waals surface area contributed by atoms with Crippen LogP contribution in [0.2, 0.25) is 0 Å². The second kappa shape index (κ2) is 8.39. The van der Waals surface area contributed by atoms with Crippen molar-refractivity contribution in [3.05, 3.63) is 88.0 Å². The van der Waals surface area contributed by atoms with Gasteiger partial charge in [0.15, 0.2) is 11.5 Å². The minimum Gasteiger partial charge on any atom is -0.454 e. The fourth-order valence-electron chi connectivity index (χ4n) is 3.00. The molecule has 8 heteroatoms. The highest BCUT2D eigenvalue weighted by Gasteiger charge is 2.22. The molecule has 1 heterocycles. The topological polar surface area (TPSA) is 112 Å². The smallest absolute Gasteiger partial charge is 0.336 e. The van der Waals surface area contributed by atoms with Gasteiger partial charge in [0, 0.05) is 6.08 Å². The van der Waals surface area contributed by atoms with Gasteiger partial charge < -0.3 is 14.2 Å². The molecule has 0 atom stereocenters. The first kappa shape index (κ1) is 19.7. The van der Waals surface area contributed by atoms with Crippen molar-refractivity contribution in [1.82, 2.24) is 0 Å². The molecule has 0 aliphatic carbocycles. The van der Waals surface area contributed by atoms with Crippen LogP contribution in [0, 0.1) is 21.4 Å². The molecule has 3 aromatic carbocycles. The first-order valence-electron chi connectivity index (χ1n) is 9.12. The molecule has 31 heavy (non-hydrogen) atoms. The second-order valence-corrected chi connectivity index (χ2v) is 6.49. The van der Waals surface area contributed by atoms with E-state index in [0.717, 1.165) is 17.2 Å². The van der Waals surface area contributed by atoms with Crippen molar-refractivity contribution in [2.24, 2.45) is 0 Å². The molecule has 0 aromatic heterocycles. The Bertz CT molecular complexity index is 1220. The van der Waals surface area contributed by atoms with Crippen molar-refractivity contribution < 1.29 is 23.9 Å². The predicted octanol–water partition coefficient (Wildman–Crippen LogP) is 4.48. The van der Waals surface area contributed by atoms with E-state index in [4.69, 9.17) is 19.5 Å². The summed E-state index contributed by atoms with van der Waals surface area (Å²) in [5.41, 5.74) is 2.38. The summed E-state index contributed by atoms with van der Waals surface area (Å²) >= 11 is 0. The zero-order valence-corrected chi connectivity index (χ0v) is 16.0. The zero-order chi connectivity index (χ0) is 21.8. The van der Waals surface area contributed by atoms with Gasteiger partial charge in [-0.1, -0.05) is 24.3 Å². The van der Waals surface area contributed by atoms with Gasteiger partial charge in [0.1, 0.15) is 5.75 Å². The van der Waals surface area contributed by atoms with E-state index in [9.17, 15) is 14.9 Å². The minimum atomic E-state index is -0.682. The maximum atomic E-state index is 12.2. The van der Waals surface area contributed by atoms with Crippen LogP contribution in [-0.2, 0) is 4.79 Å². The van der Waals surface area contributed by atoms with E-state index in [1.54, 1.807) is 36.4 Å². The van der Waals surface area contributed by atoms with Crippen molar-refractivity contribution in [1.29, 1.82) is 5.26 Å². The number of benzene rings is 3. The van der Waals surface area contributed by atoms with Crippen LogP contribution in [-0.4, -0.2) is 17.7 Å². The van der Waals surface area contributed by atoms with Crippen LogP contribution in [0.15, 0.2) is 66.7 Å². The summed E-state index contributed by atoms with van der Waals surface area (Å²) in [6.45, 7) is -0.0137. The average Bonchev–Trinajstić information content (AvgIpc) is 3.25. The summed E-state index contributed by atoms with van der Waals surface area (Å²) in [6, 6.07) is 18.7. The van der Waals surface area contributed by atoms with Crippen molar-refractivity contribution in [3.63, 3.8) is 0 Å². The van der Waals surface area contributed by atoms with Gasteiger partial charge in [0.05, 0.1) is 28.2 Å². The number of nitriles is 1. The highest BCUT2D eigenvalue weighted by Crippen LogP contribution is 2.38. The summed E-state index contributed by atoms with van der Waals surface area (Å²) in [5.74, 6) is 0.302. The van der Waals surface area contributed by atoms with E-state index in [1.807, 2.05) is 12.1 Å². The van der Waals surface area contributed by atoms with Crippen LogP contribution in [0.3, 0.4) is 0 Å². The van der Waals surface area contributed by atoms with Gasteiger partial charge in [-0.3, -0.25) is 10.1 Å². The summed E-state index contributed by atoms with van der Waals surface area (Å²) in [6.07, 6.45) is 2.41. The third kappa shape index (κ3) is 4.36. The summed E-state index contributed by atoms with van der Waals surface area (Å²) < 4.78 is 15.6. The minimum absolute atomic E-state index is 0.0137. The number of esters is 1. The molecule has 152 valence electrons. The molecule has 0 bridgehead atoms. The Morgan fingerprint density at radius 2 is 1.65 bits per heavy atom. The normalized spacial score (nSPS) is 11.8. The van der Waals surface area contributed by atoms with E-state index in [0.29, 0.717) is 17.1 Å². The van der Waals surface area contributed by atoms with Crippen LogP contribution in [0.25, 0.3) is 17.2 Å². The third-order valence-corrected chi connectivity index (χ3v) is 4.54. The molecule has 0 saturated carbocycles. The zero-order valence-electron chi connectivity index (χ0n) is 16.0. The standard InChI is InChI=1S/C23H14N2O6/c24-13-15-1-3-16(4-2-15)17-5-8-19(9-6-17)31-23(26)10-7-18-11-21-22(30-14-29-21)12-20(18)25(27)28/h1-12H,14H2/b10-7+. The van der Waals surface area contributed by atoms with E-state index in [1.165, 1.54) is 18.2 Å². The van der Waals surface area contributed by atoms with Crippen LogP contribution >= 0.6 is 0 Å². The number of fused-ring (bicyclic) bond motifs is 1. The Balaban J connectivity index is 1.46. The summed E-state index contributed by atoms with van der Waals surface area (Å²) in [7, 11) is 0. The Labute approximate surface area is 176 Å². The van der Waals surface area contributed by atoms with Crippen LogP contribution in [0.1, 0.15) is 11.1 Å².